The molecule has 2 aromatic rings. The molecule has 7 nitrogen and oxygen atoms in total. The maximum atomic E-state index is 13.4. The Morgan fingerprint density at radius 1 is 1.09 bits per heavy atom. The van der Waals surface area contributed by atoms with Crippen molar-refractivity contribution in [3.05, 3.63) is 57.5 Å². The van der Waals surface area contributed by atoms with Crippen LogP contribution in [-0.2, 0) is 23.1 Å². The zero-order chi connectivity index (χ0) is 24.0. The van der Waals surface area contributed by atoms with Gasteiger partial charge in [-0.1, -0.05) is 61.9 Å². The number of carbonyl (C=O) groups is 2. The van der Waals surface area contributed by atoms with Crippen LogP contribution in [-0.4, -0.2) is 62.6 Å². The summed E-state index contributed by atoms with van der Waals surface area (Å²) in [7, 11) is 1.73. The van der Waals surface area contributed by atoms with Gasteiger partial charge in [-0.2, -0.15) is 0 Å². The van der Waals surface area contributed by atoms with Crippen LogP contribution in [0.15, 0.2) is 40.3 Å². The van der Waals surface area contributed by atoms with Crippen molar-refractivity contribution < 1.29 is 9.59 Å². The van der Waals surface area contributed by atoms with Crippen molar-refractivity contribution in [1.82, 2.24) is 19.4 Å². The van der Waals surface area contributed by atoms with E-state index in [2.05, 4.69) is 6.92 Å². The van der Waals surface area contributed by atoms with Gasteiger partial charge in [0.05, 0.1) is 5.25 Å². The van der Waals surface area contributed by atoms with Gasteiger partial charge in [-0.05, 0) is 18.9 Å². The van der Waals surface area contributed by atoms with E-state index in [0.717, 1.165) is 24.8 Å². The summed E-state index contributed by atoms with van der Waals surface area (Å²) in [6.45, 7) is 7.76. The number of amides is 2. The van der Waals surface area contributed by atoms with Gasteiger partial charge in [-0.3, -0.25) is 19.0 Å². The van der Waals surface area contributed by atoms with Crippen LogP contribution in [0.2, 0.25) is 0 Å². The number of rotatable bonds is 8. The van der Waals surface area contributed by atoms with Gasteiger partial charge in [-0.15, -0.1) is 0 Å². The maximum Gasteiger partial charge on any atom is 0.257 e. The number of benzene rings is 1. The Bertz CT molecular complexity index is 1030. The molecular weight excluding hydrogens is 436 g/mol. The second-order valence-corrected chi connectivity index (χ2v) is 9.73. The highest BCUT2D eigenvalue weighted by Crippen LogP contribution is 2.27. The minimum atomic E-state index is -0.300. The number of hydrogen-bond acceptors (Lipinski definition) is 5. The molecule has 3 rings (SSSR count). The molecule has 178 valence electrons. The third kappa shape index (κ3) is 6.25. The number of unbranched alkanes of at least 4 members (excludes halogenated alkanes) is 1. The number of piperazine rings is 1. The summed E-state index contributed by atoms with van der Waals surface area (Å²) < 4.78 is 1.58. The number of carbonyl (C=O) groups excluding carboxylic acids is 2. The molecule has 1 aromatic carbocycles. The maximum absolute atomic E-state index is 13.4. The largest absolute Gasteiger partial charge is 0.339 e. The summed E-state index contributed by atoms with van der Waals surface area (Å²) in [5, 5.41) is 0.275. The third-order valence-corrected chi connectivity index (χ3v) is 7.45. The van der Waals surface area contributed by atoms with Gasteiger partial charge < -0.3 is 9.80 Å². The minimum Gasteiger partial charge on any atom is -0.339 e. The Hall–Kier alpha value is -2.61. The molecule has 2 amide bonds. The van der Waals surface area contributed by atoms with Gasteiger partial charge in [0.15, 0.2) is 5.16 Å². The lowest BCUT2D eigenvalue weighted by molar-refractivity contribution is -0.138. The molecule has 0 spiro atoms. The van der Waals surface area contributed by atoms with Gasteiger partial charge in [0, 0.05) is 57.8 Å². The van der Waals surface area contributed by atoms with E-state index < -0.39 is 0 Å². The molecule has 1 aromatic heterocycles. The van der Waals surface area contributed by atoms with E-state index in [4.69, 9.17) is 4.98 Å². The Balaban J connectivity index is 1.79. The van der Waals surface area contributed by atoms with Gasteiger partial charge >= 0.3 is 0 Å². The fraction of sp³-hybridized carbons (Fsp3) is 0.520. The zero-order valence-corrected chi connectivity index (χ0v) is 20.9. The van der Waals surface area contributed by atoms with Crippen molar-refractivity contribution in [2.24, 2.45) is 7.05 Å². The zero-order valence-electron chi connectivity index (χ0n) is 20.0. The quantitative estimate of drug-likeness (QED) is 0.438. The van der Waals surface area contributed by atoms with Crippen molar-refractivity contribution in [3.63, 3.8) is 0 Å². The van der Waals surface area contributed by atoms with Crippen molar-refractivity contribution >= 4 is 23.6 Å². The molecule has 0 radical (unpaired) electrons. The summed E-state index contributed by atoms with van der Waals surface area (Å²) in [5.41, 5.74) is 2.40. The minimum absolute atomic E-state index is 0.0456. The molecule has 1 unspecified atom stereocenters. The fourth-order valence-electron chi connectivity index (χ4n) is 4.03. The lowest BCUT2D eigenvalue weighted by Crippen LogP contribution is -2.52. The van der Waals surface area contributed by atoms with E-state index in [0.29, 0.717) is 49.0 Å². The van der Waals surface area contributed by atoms with Crippen molar-refractivity contribution in [1.29, 1.82) is 0 Å². The molecule has 0 aliphatic carbocycles. The monoisotopic (exact) mass is 470 g/mol. The first kappa shape index (κ1) is 25.0. The SMILES string of the molecule is CCCCC(Sc1nc(C)c(Cc2ccccc2)c(=O)n1C)C(=O)N1CCN(C(C)=O)CC1. The number of thioether (sulfide) groups is 1. The van der Waals surface area contributed by atoms with E-state index in [1.165, 1.54) is 11.8 Å². The van der Waals surface area contributed by atoms with E-state index in [-0.39, 0.29) is 22.6 Å². The van der Waals surface area contributed by atoms with Crippen molar-refractivity contribution in [3.8, 4) is 0 Å². The number of hydrogen-bond donors (Lipinski definition) is 0. The Morgan fingerprint density at radius 3 is 2.33 bits per heavy atom. The first-order valence-corrected chi connectivity index (χ1v) is 12.5. The van der Waals surface area contributed by atoms with Gasteiger partial charge in [0.2, 0.25) is 11.8 Å². The van der Waals surface area contributed by atoms with E-state index in [9.17, 15) is 14.4 Å². The van der Waals surface area contributed by atoms with Gasteiger partial charge in [0.25, 0.3) is 5.56 Å². The smallest absolute Gasteiger partial charge is 0.257 e. The first-order chi connectivity index (χ1) is 15.8. The van der Waals surface area contributed by atoms with Gasteiger partial charge in [-0.25, -0.2) is 4.98 Å². The summed E-state index contributed by atoms with van der Waals surface area (Å²) in [6, 6.07) is 9.90. The molecule has 1 aliphatic heterocycles. The van der Waals surface area contributed by atoms with E-state index >= 15 is 0 Å². The summed E-state index contributed by atoms with van der Waals surface area (Å²) in [5.74, 6) is 0.112. The molecule has 0 saturated carbocycles. The molecule has 1 atom stereocenters. The fourth-order valence-corrected chi connectivity index (χ4v) is 5.25. The van der Waals surface area contributed by atoms with E-state index in [1.54, 1.807) is 23.4 Å². The average Bonchev–Trinajstić information content (AvgIpc) is 2.82. The molecular formula is C25H34N4O3S. The predicted octanol–water partition coefficient (Wildman–Crippen LogP) is 3.02. The summed E-state index contributed by atoms with van der Waals surface area (Å²) in [4.78, 5) is 46.5. The average molecular weight is 471 g/mol. The summed E-state index contributed by atoms with van der Waals surface area (Å²) in [6.07, 6.45) is 3.18. The second kappa shape index (κ2) is 11.5. The lowest BCUT2D eigenvalue weighted by Gasteiger charge is -2.36. The van der Waals surface area contributed by atoms with Crippen LogP contribution in [0.3, 0.4) is 0 Å². The molecule has 1 fully saturated rings. The molecule has 2 heterocycles. The number of nitrogens with zero attached hydrogens (tertiary/aromatic N) is 4. The number of aryl methyl sites for hydroxylation is 1. The highest BCUT2D eigenvalue weighted by atomic mass is 32.2. The van der Waals surface area contributed by atoms with Crippen molar-refractivity contribution in [2.45, 2.75) is 56.9 Å². The standard InChI is InChI=1S/C25H34N4O3S/c1-5-6-12-22(24(32)29-15-13-28(14-16-29)19(3)30)33-25-26-18(2)21(23(31)27(25)4)17-20-10-8-7-9-11-20/h7-11,22H,5-6,12-17H2,1-4H3. The highest BCUT2D eigenvalue weighted by molar-refractivity contribution is 8.00. The third-order valence-electron chi connectivity index (χ3n) is 6.15. The molecule has 33 heavy (non-hydrogen) atoms. The van der Waals surface area contributed by atoms with Crippen LogP contribution in [0.1, 0.15) is 49.9 Å². The van der Waals surface area contributed by atoms with Crippen LogP contribution < -0.4 is 5.56 Å². The molecule has 8 heteroatoms. The highest BCUT2D eigenvalue weighted by Gasteiger charge is 2.30. The van der Waals surface area contributed by atoms with Crippen LogP contribution in [0, 0.1) is 6.92 Å². The van der Waals surface area contributed by atoms with Crippen LogP contribution in [0.5, 0.6) is 0 Å². The molecule has 1 aliphatic rings. The van der Waals surface area contributed by atoms with Gasteiger partial charge in [0.1, 0.15) is 0 Å². The molecule has 0 bridgehead atoms. The Labute approximate surface area is 200 Å². The topological polar surface area (TPSA) is 75.5 Å². The Kier molecular flexibility index (Phi) is 8.72. The predicted molar refractivity (Wildman–Crippen MR) is 131 cm³/mol. The normalized spacial score (nSPS) is 14.9. The van der Waals surface area contributed by atoms with Crippen LogP contribution in [0.4, 0.5) is 0 Å². The van der Waals surface area contributed by atoms with Crippen LogP contribution in [0.25, 0.3) is 0 Å². The first-order valence-electron chi connectivity index (χ1n) is 11.6. The molecule has 1 saturated heterocycles. The lowest BCUT2D eigenvalue weighted by atomic mass is 10.1. The van der Waals surface area contributed by atoms with Crippen molar-refractivity contribution in [2.75, 3.05) is 26.2 Å². The second-order valence-electron chi connectivity index (χ2n) is 8.56. The molecule has 0 N–H and O–H groups in total. The number of aromatic nitrogens is 2. The Morgan fingerprint density at radius 2 is 1.73 bits per heavy atom. The van der Waals surface area contributed by atoms with E-state index in [1.807, 2.05) is 42.2 Å². The summed E-state index contributed by atoms with van der Waals surface area (Å²) >= 11 is 1.39. The van der Waals surface area contributed by atoms with Crippen LogP contribution >= 0.6 is 11.8 Å².